The first kappa shape index (κ1) is 15.5. The average Bonchev–Trinajstić information content (AvgIpc) is 2.53. The van der Waals surface area contributed by atoms with Crippen molar-refractivity contribution < 1.29 is 23.5 Å². The van der Waals surface area contributed by atoms with Crippen LogP contribution in [0, 0.1) is 5.82 Å². The van der Waals surface area contributed by atoms with Gasteiger partial charge in [0.1, 0.15) is 11.6 Å². The van der Waals surface area contributed by atoms with Gasteiger partial charge in [-0.25, -0.2) is 9.18 Å². The minimum atomic E-state index is -0.499. The van der Waals surface area contributed by atoms with Crippen molar-refractivity contribution in [1.82, 2.24) is 0 Å². The van der Waals surface area contributed by atoms with Gasteiger partial charge in [-0.15, -0.1) is 0 Å². The first-order valence-corrected chi connectivity index (χ1v) is 6.45. The van der Waals surface area contributed by atoms with E-state index in [0.717, 1.165) is 0 Å². The number of esters is 1. The highest BCUT2D eigenvalue weighted by Crippen LogP contribution is 2.18. The van der Waals surface area contributed by atoms with E-state index >= 15 is 0 Å². The van der Waals surface area contributed by atoms with Gasteiger partial charge in [-0.05, 0) is 36.4 Å². The summed E-state index contributed by atoms with van der Waals surface area (Å²) < 4.78 is 22.5. The second-order valence-electron chi connectivity index (χ2n) is 4.35. The highest BCUT2D eigenvalue weighted by atomic mass is 19.1. The van der Waals surface area contributed by atoms with E-state index in [2.05, 4.69) is 10.1 Å². The summed E-state index contributed by atoms with van der Waals surface area (Å²) in [5.74, 6) is -0.858. The van der Waals surface area contributed by atoms with Crippen LogP contribution in [-0.4, -0.2) is 25.6 Å². The monoisotopic (exact) mass is 303 g/mol. The SMILES string of the molecule is COC(=O)COc1cccc(NC(=O)c2ccc(F)cc2)c1. The first-order valence-electron chi connectivity index (χ1n) is 6.45. The molecule has 2 aromatic carbocycles. The topological polar surface area (TPSA) is 64.6 Å². The molecule has 6 heteroatoms. The molecule has 114 valence electrons. The van der Waals surface area contributed by atoms with Crippen molar-refractivity contribution in [3.63, 3.8) is 0 Å². The summed E-state index contributed by atoms with van der Waals surface area (Å²) in [4.78, 5) is 23.0. The van der Waals surface area contributed by atoms with Crippen molar-refractivity contribution in [3.05, 3.63) is 59.9 Å². The summed E-state index contributed by atoms with van der Waals surface area (Å²) in [6, 6.07) is 11.8. The minimum absolute atomic E-state index is 0.216. The lowest BCUT2D eigenvalue weighted by atomic mass is 10.2. The Bertz CT molecular complexity index is 670. The van der Waals surface area contributed by atoms with E-state index in [0.29, 0.717) is 17.0 Å². The number of nitrogens with one attached hydrogen (secondary N) is 1. The van der Waals surface area contributed by atoms with Crippen molar-refractivity contribution in [2.24, 2.45) is 0 Å². The molecule has 0 spiro atoms. The highest BCUT2D eigenvalue weighted by Gasteiger charge is 2.07. The highest BCUT2D eigenvalue weighted by molar-refractivity contribution is 6.04. The lowest BCUT2D eigenvalue weighted by molar-refractivity contribution is -0.142. The van der Waals surface area contributed by atoms with E-state index in [1.165, 1.54) is 31.4 Å². The lowest BCUT2D eigenvalue weighted by Gasteiger charge is -2.08. The van der Waals surface area contributed by atoms with E-state index in [4.69, 9.17) is 4.74 Å². The fourth-order valence-corrected chi connectivity index (χ4v) is 1.67. The number of ether oxygens (including phenoxy) is 2. The molecule has 0 radical (unpaired) electrons. The number of halogens is 1. The van der Waals surface area contributed by atoms with E-state index in [9.17, 15) is 14.0 Å². The van der Waals surface area contributed by atoms with Gasteiger partial charge in [-0.3, -0.25) is 4.79 Å². The number of methoxy groups -OCH3 is 1. The largest absolute Gasteiger partial charge is 0.482 e. The second-order valence-corrected chi connectivity index (χ2v) is 4.35. The summed E-state index contributed by atoms with van der Waals surface area (Å²) in [7, 11) is 1.27. The molecule has 0 saturated heterocycles. The van der Waals surface area contributed by atoms with Crippen LogP contribution in [0.25, 0.3) is 0 Å². The molecule has 0 atom stereocenters. The molecule has 5 nitrogen and oxygen atoms in total. The Morgan fingerprint density at radius 2 is 1.86 bits per heavy atom. The quantitative estimate of drug-likeness (QED) is 0.862. The minimum Gasteiger partial charge on any atom is -0.482 e. The van der Waals surface area contributed by atoms with Gasteiger partial charge in [-0.2, -0.15) is 0 Å². The summed E-state index contributed by atoms with van der Waals surface area (Å²) >= 11 is 0. The first-order chi connectivity index (χ1) is 10.6. The van der Waals surface area contributed by atoms with Crippen LogP contribution in [0.5, 0.6) is 5.75 Å². The number of rotatable bonds is 5. The van der Waals surface area contributed by atoms with Crippen molar-refractivity contribution in [2.75, 3.05) is 19.0 Å². The molecule has 22 heavy (non-hydrogen) atoms. The molecule has 1 amide bonds. The Hall–Kier alpha value is -2.89. The van der Waals surface area contributed by atoms with Gasteiger partial charge in [0.25, 0.3) is 5.91 Å². The van der Waals surface area contributed by atoms with Crippen molar-refractivity contribution in [2.45, 2.75) is 0 Å². The van der Waals surface area contributed by atoms with Crippen LogP contribution in [0.1, 0.15) is 10.4 Å². The van der Waals surface area contributed by atoms with Gasteiger partial charge in [0, 0.05) is 17.3 Å². The molecular weight excluding hydrogens is 289 g/mol. The molecular formula is C16H14FNO4. The van der Waals surface area contributed by atoms with E-state index in [-0.39, 0.29) is 12.5 Å². The van der Waals surface area contributed by atoms with Crippen LogP contribution >= 0.6 is 0 Å². The molecule has 0 fully saturated rings. The number of amides is 1. The summed E-state index contributed by atoms with van der Waals surface area (Å²) in [5.41, 5.74) is 0.832. The number of hydrogen-bond donors (Lipinski definition) is 1. The Kier molecular flexibility index (Phi) is 5.08. The van der Waals surface area contributed by atoms with Crippen LogP contribution in [0.3, 0.4) is 0 Å². The van der Waals surface area contributed by atoms with Gasteiger partial charge in [0.2, 0.25) is 0 Å². The summed E-state index contributed by atoms with van der Waals surface area (Å²) in [6.07, 6.45) is 0. The van der Waals surface area contributed by atoms with Crippen LogP contribution in [0.4, 0.5) is 10.1 Å². The van der Waals surface area contributed by atoms with Crippen molar-refractivity contribution in [3.8, 4) is 5.75 Å². The number of benzene rings is 2. The van der Waals surface area contributed by atoms with Gasteiger partial charge in [0.05, 0.1) is 7.11 Å². The van der Waals surface area contributed by atoms with E-state index in [1.54, 1.807) is 24.3 Å². The van der Waals surface area contributed by atoms with Crippen molar-refractivity contribution >= 4 is 17.6 Å². The molecule has 0 aliphatic carbocycles. The Balaban J connectivity index is 2.02. The zero-order chi connectivity index (χ0) is 15.9. The molecule has 1 N–H and O–H groups in total. The maximum atomic E-state index is 12.8. The molecule has 0 aliphatic rings. The normalized spacial score (nSPS) is 9.91. The smallest absolute Gasteiger partial charge is 0.343 e. The summed E-state index contributed by atoms with van der Waals surface area (Å²) in [5, 5.41) is 2.66. The third-order valence-corrected chi connectivity index (χ3v) is 2.78. The fraction of sp³-hybridized carbons (Fsp3) is 0.125. The van der Waals surface area contributed by atoms with Crippen molar-refractivity contribution in [1.29, 1.82) is 0 Å². The van der Waals surface area contributed by atoms with Gasteiger partial charge >= 0.3 is 5.97 Å². The van der Waals surface area contributed by atoms with Gasteiger partial charge < -0.3 is 14.8 Å². The van der Waals surface area contributed by atoms with E-state index in [1.807, 2.05) is 0 Å². The number of hydrogen-bond acceptors (Lipinski definition) is 4. The molecule has 2 rings (SSSR count). The molecule has 0 bridgehead atoms. The maximum Gasteiger partial charge on any atom is 0.343 e. The molecule has 0 aliphatic heterocycles. The molecule has 0 aromatic heterocycles. The molecule has 0 heterocycles. The average molecular weight is 303 g/mol. The van der Waals surface area contributed by atoms with Crippen LogP contribution < -0.4 is 10.1 Å². The maximum absolute atomic E-state index is 12.8. The molecule has 2 aromatic rings. The second kappa shape index (κ2) is 7.21. The molecule has 0 saturated carbocycles. The molecule has 0 unspecified atom stereocenters. The number of anilines is 1. The van der Waals surface area contributed by atoms with E-state index < -0.39 is 11.8 Å². The summed E-state index contributed by atoms with van der Waals surface area (Å²) in [6.45, 7) is -0.216. The Morgan fingerprint density at radius 1 is 1.14 bits per heavy atom. The van der Waals surface area contributed by atoms with Gasteiger partial charge in [0.15, 0.2) is 6.61 Å². The van der Waals surface area contributed by atoms with Gasteiger partial charge in [-0.1, -0.05) is 6.07 Å². The van der Waals surface area contributed by atoms with Crippen LogP contribution in [0.2, 0.25) is 0 Å². The Morgan fingerprint density at radius 3 is 2.55 bits per heavy atom. The zero-order valence-corrected chi connectivity index (χ0v) is 11.8. The van der Waals surface area contributed by atoms with Crippen LogP contribution in [0.15, 0.2) is 48.5 Å². The lowest BCUT2D eigenvalue weighted by Crippen LogP contribution is -2.13. The number of carbonyl (C=O) groups is 2. The third kappa shape index (κ3) is 4.31. The standard InChI is InChI=1S/C16H14FNO4/c1-21-15(19)10-22-14-4-2-3-13(9-14)18-16(20)11-5-7-12(17)8-6-11/h2-9H,10H2,1H3,(H,18,20). The zero-order valence-electron chi connectivity index (χ0n) is 11.8. The Labute approximate surface area is 126 Å². The van der Waals surface area contributed by atoms with Crippen LogP contribution in [-0.2, 0) is 9.53 Å². The fourth-order valence-electron chi connectivity index (χ4n) is 1.67. The third-order valence-electron chi connectivity index (χ3n) is 2.78. The predicted octanol–water partition coefficient (Wildman–Crippen LogP) is 2.63. The number of carbonyl (C=O) groups excluding carboxylic acids is 2. The predicted molar refractivity (Wildman–Crippen MR) is 78.3 cm³/mol.